The number of ether oxygens (including phenoxy) is 3. The average molecular weight is 343 g/mol. The molecule has 132 valence electrons. The van der Waals surface area contributed by atoms with Crippen LogP contribution in [0.1, 0.15) is 41.7 Å². The number of hydrogen-bond acceptors (Lipinski definition) is 5. The molecule has 0 spiro atoms. The molecule has 2 atom stereocenters. The molecular weight excluding hydrogens is 322 g/mol. The van der Waals surface area contributed by atoms with E-state index in [4.69, 9.17) is 14.2 Å². The molecule has 2 aliphatic heterocycles. The molecule has 0 saturated heterocycles. The first-order valence-corrected chi connectivity index (χ1v) is 8.43. The van der Waals surface area contributed by atoms with Crippen molar-refractivity contribution in [1.29, 1.82) is 0 Å². The number of anilines is 1. The predicted molar refractivity (Wildman–Crippen MR) is 91.4 cm³/mol. The molecule has 0 unspecified atom stereocenters. The zero-order valence-corrected chi connectivity index (χ0v) is 14.5. The lowest BCUT2D eigenvalue weighted by molar-refractivity contribution is -0.00696. The molecule has 1 N–H and O–H groups in total. The van der Waals surface area contributed by atoms with Crippen molar-refractivity contribution < 1.29 is 19.0 Å². The Morgan fingerprint density at radius 2 is 2.24 bits per heavy atom. The summed E-state index contributed by atoms with van der Waals surface area (Å²) < 4.78 is 16.7. The maximum Gasteiger partial charge on any atom is 0.279 e. The lowest BCUT2D eigenvalue weighted by Gasteiger charge is -2.30. The highest BCUT2D eigenvalue weighted by atomic mass is 16.5. The summed E-state index contributed by atoms with van der Waals surface area (Å²) in [6.07, 6.45) is 0.652. The molecule has 7 nitrogen and oxygen atoms in total. The number of nitrogens with one attached hydrogen (secondary N) is 1. The van der Waals surface area contributed by atoms with Gasteiger partial charge >= 0.3 is 0 Å². The molecule has 2 aromatic rings. The fraction of sp³-hybridized carbons (Fsp3) is 0.444. The molecule has 3 heterocycles. The molecule has 25 heavy (non-hydrogen) atoms. The number of aromatic amines is 1. The summed E-state index contributed by atoms with van der Waals surface area (Å²) in [4.78, 5) is 14.9. The van der Waals surface area contributed by atoms with Gasteiger partial charge in [0, 0.05) is 18.1 Å². The van der Waals surface area contributed by atoms with Crippen molar-refractivity contribution >= 4 is 11.6 Å². The molecule has 2 aliphatic rings. The molecular formula is C18H21N3O4. The van der Waals surface area contributed by atoms with Crippen LogP contribution in [0.3, 0.4) is 0 Å². The van der Waals surface area contributed by atoms with Gasteiger partial charge in [-0.1, -0.05) is 0 Å². The minimum absolute atomic E-state index is 0.0629. The second kappa shape index (κ2) is 6.07. The molecule has 4 rings (SSSR count). The van der Waals surface area contributed by atoms with Crippen LogP contribution in [0, 0.1) is 0 Å². The Bertz CT molecular complexity index is 817. The summed E-state index contributed by atoms with van der Waals surface area (Å²) in [6, 6.07) is 5.47. The first-order valence-electron chi connectivity index (χ1n) is 8.43. The van der Waals surface area contributed by atoms with E-state index >= 15 is 0 Å². The van der Waals surface area contributed by atoms with Gasteiger partial charge in [0.2, 0.25) is 0 Å². The molecule has 0 radical (unpaired) electrons. The molecule has 7 heteroatoms. The summed E-state index contributed by atoms with van der Waals surface area (Å²) in [7, 11) is 1.61. The van der Waals surface area contributed by atoms with Crippen LogP contribution in [0.15, 0.2) is 18.2 Å². The van der Waals surface area contributed by atoms with Gasteiger partial charge in [-0.25, -0.2) is 0 Å². The topological polar surface area (TPSA) is 76.7 Å². The zero-order chi connectivity index (χ0) is 17.6. The maximum absolute atomic E-state index is 13.2. The highest BCUT2D eigenvalue weighted by molar-refractivity contribution is 6.07. The lowest BCUT2D eigenvalue weighted by atomic mass is 9.99. The second-order valence-electron chi connectivity index (χ2n) is 6.40. The first-order chi connectivity index (χ1) is 12.1. The zero-order valence-electron chi connectivity index (χ0n) is 14.5. The third-order valence-corrected chi connectivity index (χ3v) is 4.71. The smallest absolute Gasteiger partial charge is 0.279 e. The Balaban J connectivity index is 1.70. The van der Waals surface area contributed by atoms with Crippen LogP contribution in [-0.2, 0) is 11.2 Å². The van der Waals surface area contributed by atoms with E-state index in [0.29, 0.717) is 36.8 Å². The van der Waals surface area contributed by atoms with Gasteiger partial charge in [-0.3, -0.25) is 9.89 Å². The Morgan fingerprint density at radius 3 is 3.04 bits per heavy atom. The van der Waals surface area contributed by atoms with E-state index in [1.807, 2.05) is 26.0 Å². The minimum atomic E-state index is -0.117. The van der Waals surface area contributed by atoms with Crippen molar-refractivity contribution in [2.75, 3.05) is 25.2 Å². The molecule has 0 aliphatic carbocycles. The summed E-state index contributed by atoms with van der Waals surface area (Å²) in [5.74, 6) is 1.23. The van der Waals surface area contributed by atoms with Gasteiger partial charge in [0.25, 0.3) is 5.91 Å². The summed E-state index contributed by atoms with van der Waals surface area (Å²) in [5, 5.41) is 7.29. The number of benzene rings is 1. The highest BCUT2D eigenvalue weighted by Crippen LogP contribution is 2.37. The van der Waals surface area contributed by atoms with Crippen LogP contribution >= 0.6 is 0 Å². The Kier molecular flexibility index (Phi) is 3.88. The fourth-order valence-electron chi connectivity index (χ4n) is 3.52. The Labute approximate surface area is 145 Å². The van der Waals surface area contributed by atoms with E-state index in [9.17, 15) is 4.79 Å². The Morgan fingerprint density at radius 1 is 1.40 bits per heavy atom. The minimum Gasteiger partial charge on any atom is -0.497 e. The van der Waals surface area contributed by atoms with Gasteiger partial charge in [-0.05, 0) is 26.0 Å². The van der Waals surface area contributed by atoms with E-state index in [-0.39, 0.29) is 18.1 Å². The number of carbonyl (C=O) groups is 1. The molecule has 0 saturated carbocycles. The number of carbonyl (C=O) groups excluding carboxylic acids is 1. The largest absolute Gasteiger partial charge is 0.497 e. The van der Waals surface area contributed by atoms with Crippen molar-refractivity contribution in [2.24, 2.45) is 0 Å². The van der Waals surface area contributed by atoms with Crippen molar-refractivity contribution in [3.8, 4) is 11.5 Å². The molecule has 1 aromatic heterocycles. The number of amides is 1. The lowest BCUT2D eigenvalue weighted by Crippen LogP contribution is -2.39. The summed E-state index contributed by atoms with van der Waals surface area (Å²) >= 11 is 0. The number of H-pyrrole nitrogens is 1. The molecule has 0 fully saturated rings. The van der Waals surface area contributed by atoms with Gasteiger partial charge in [0.05, 0.1) is 37.2 Å². The van der Waals surface area contributed by atoms with Gasteiger partial charge in [-0.15, -0.1) is 0 Å². The number of hydrogen-bond donors (Lipinski definition) is 1. The van der Waals surface area contributed by atoms with Gasteiger partial charge in [-0.2, -0.15) is 5.10 Å². The van der Waals surface area contributed by atoms with Crippen LogP contribution in [0.25, 0.3) is 0 Å². The van der Waals surface area contributed by atoms with E-state index in [1.54, 1.807) is 18.1 Å². The number of rotatable bonds is 2. The normalized spacial score (nSPS) is 22.0. The predicted octanol–water partition coefficient (Wildman–Crippen LogP) is 2.48. The number of fused-ring (bicyclic) bond motifs is 2. The monoisotopic (exact) mass is 343 g/mol. The third-order valence-electron chi connectivity index (χ3n) is 4.71. The second-order valence-corrected chi connectivity index (χ2v) is 6.40. The third kappa shape index (κ3) is 2.64. The van der Waals surface area contributed by atoms with E-state index in [0.717, 1.165) is 16.9 Å². The molecule has 0 bridgehead atoms. The SMILES string of the molecule is COc1ccc2c(c1)OCCN2C(=O)c1n[nH]c2c1C[C@H](C)O[C@@H]2C. The highest BCUT2D eigenvalue weighted by Gasteiger charge is 2.33. The standard InChI is InChI=1S/C18H21N3O4/c1-10-8-13-16(11(2)25-10)19-20-17(13)18(22)21-6-7-24-15-9-12(23-3)4-5-14(15)21/h4-5,9-11H,6-8H2,1-3H3,(H,19,20)/t10-,11+/m0/s1. The van der Waals surface area contributed by atoms with Crippen LogP contribution in [0.5, 0.6) is 11.5 Å². The van der Waals surface area contributed by atoms with Crippen molar-refractivity contribution in [2.45, 2.75) is 32.5 Å². The van der Waals surface area contributed by atoms with Crippen LogP contribution in [0.2, 0.25) is 0 Å². The van der Waals surface area contributed by atoms with E-state index in [2.05, 4.69) is 10.2 Å². The number of aromatic nitrogens is 2. The summed E-state index contributed by atoms with van der Waals surface area (Å²) in [5.41, 5.74) is 3.06. The summed E-state index contributed by atoms with van der Waals surface area (Å²) in [6.45, 7) is 4.91. The fourth-order valence-corrected chi connectivity index (χ4v) is 3.52. The van der Waals surface area contributed by atoms with Gasteiger partial charge in [0.1, 0.15) is 18.1 Å². The maximum atomic E-state index is 13.2. The van der Waals surface area contributed by atoms with Crippen molar-refractivity contribution in [3.63, 3.8) is 0 Å². The number of methoxy groups -OCH3 is 1. The first kappa shape index (κ1) is 16.0. The average Bonchev–Trinajstić information content (AvgIpc) is 3.04. The van der Waals surface area contributed by atoms with Crippen LogP contribution in [0.4, 0.5) is 5.69 Å². The van der Waals surface area contributed by atoms with Crippen molar-refractivity contribution in [3.05, 3.63) is 35.2 Å². The quantitative estimate of drug-likeness (QED) is 0.906. The molecule has 1 aromatic carbocycles. The van der Waals surface area contributed by atoms with Crippen molar-refractivity contribution in [1.82, 2.24) is 10.2 Å². The van der Waals surface area contributed by atoms with Crippen LogP contribution in [-0.4, -0.2) is 42.5 Å². The van der Waals surface area contributed by atoms with Crippen LogP contribution < -0.4 is 14.4 Å². The molecule has 1 amide bonds. The van der Waals surface area contributed by atoms with Gasteiger partial charge < -0.3 is 19.1 Å². The number of nitrogens with zero attached hydrogens (tertiary/aromatic N) is 2. The van der Waals surface area contributed by atoms with E-state index in [1.165, 1.54) is 0 Å². The Hall–Kier alpha value is -2.54. The van der Waals surface area contributed by atoms with E-state index < -0.39 is 0 Å². The van der Waals surface area contributed by atoms with Gasteiger partial charge in [0.15, 0.2) is 5.69 Å².